The van der Waals surface area contributed by atoms with Crippen LogP contribution in [-0.4, -0.2) is 17.1 Å². The van der Waals surface area contributed by atoms with Crippen molar-refractivity contribution in [2.75, 3.05) is 11.9 Å². The van der Waals surface area contributed by atoms with Gasteiger partial charge in [0.1, 0.15) is 23.2 Å². The Hall–Kier alpha value is -4.37. The smallest absolute Gasteiger partial charge is 0.266 e. The Balaban J connectivity index is 1.51. The van der Waals surface area contributed by atoms with Crippen LogP contribution in [0.25, 0.3) is 17.0 Å². The van der Waals surface area contributed by atoms with E-state index in [4.69, 9.17) is 4.74 Å². The zero-order chi connectivity index (χ0) is 23.2. The first-order valence-electron chi connectivity index (χ1n) is 10.5. The minimum Gasteiger partial charge on any atom is -0.494 e. The third-order valence-electron chi connectivity index (χ3n) is 5.14. The molecule has 0 spiro atoms. The summed E-state index contributed by atoms with van der Waals surface area (Å²) >= 11 is 0. The van der Waals surface area contributed by atoms with Gasteiger partial charge in [-0.05, 0) is 78.7 Å². The lowest BCUT2D eigenvalue weighted by Crippen LogP contribution is -2.13. The molecule has 164 valence electrons. The van der Waals surface area contributed by atoms with Gasteiger partial charge in [0.2, 0.25) is 0 Å². The molecule has 3 aromatic carbocycles. The molecular formula is C27H22FN3O2. The molecule has 33 heavy (non-hydrogen) atoms. The Kier molecular flexibility index (Phi) is 6.51. The minimum atomic E-state index is -0.481. The summed E-state index contributed by atoms with van der Waals surface area (Å²) < 4.78 is 20.9. The molecule has 0 fully saturated rings. The highest BCUT2D eigenvalue weighted by molar-refractivity contribution is 6.09. The van der Waals surface area contributed by atoms with E-state index >= 15 is 0 Å². The van der Waals surface area contributed by atoms with E-state index in [1.54, 1.807) is 36.4 Å². The Morgan fingerprint density at radius 3 is 2.67 bits per heavy atom. The zero-order valence-electron chi connectivity index (χ0n) is 18.1. The van der Waals surface area contributed by atoms with E-state index in [1.165, 1.54) is 12.1 Å². The Morgan fingerprint density at radius 2 is 1.94 bits per heavy atom. The second-order valence-corrected chi connectivity index (χ2v) is 7.47. The number of carbonyl (C=O) groups is 1. The number of fused-ring (bicyclic) bond motifs is 1. The van der Waals surface area contributed by atoms with Crippen molar-refractivity contribution in [3.05, 3.63) is 102 Å². The van der Waals surface area contributed by atoms with Crippen LogP contribution in [0.1, 0.15) is 18.1 Å². The van der Waals surface area contributed by atoms with Crippen LogP contribution in [0.4, 0.5) is 10.1 Å². The van der Waals surface area contributed by atoms with Crippen molar-refractivity contribution in [2.45, 2.75) is 13.5 Å². The summed E-state index contributed by atoms with van der Waals surface area (Å²) in [6, 6.07) is 23.1. The highest BCUT2D eigenvalue weighted by Crippen LogP contribution is 2.22. The fraction of sp³-hybridized carbons (Fsp3) is 0.111. The molecule has 0 radical (unpaired) electrons. The van der Waals surface area contributed by atoms with Crippen molar-refractivity contribution in [1.29, 1.82) is 5.26 Å². The number of benzene rings is 3. The van der Waals surface area contributed by atoms with Crippen LogP contribution < -0.4 is 10.1 Å². The number of nitrogens with one attached hydrogen (secondary N) is 1. The van der Waals surface area contributed by atoms with Crippen LogP contribution in [0.5, 0.6) is 5.75 Å². The van der Waals surface area contributed by atoms with Crippen molar-refractivity contribution >= 4 is 28.6 Å². The molecule has 0 unspecified atom stereocenters. The van der Waals surface area contributed by atoms with Gasteiger partial charge in [0, 0.05) is 29.3 Å². The van der Waals surface area contributed by atoms with Crippen LogP contribution in [0.2, 0.25) is 0 Å². The van der Waals surface area contributed by atoms with Crippen LogP contribution in [0.3, 0.4) is 0 Å². The molecule has 5 nitrogen and oxygen atoms in total. The van der Waals surface area contributed by atoms with Crippen LogP contribution in [0.15, 0.2) is 84.6 Å². The molecule has 1 amide bonds. The molecule has 4 rings (SSSR count). The molecule has 0 aliphatic heterocycles. The second kappa shape index (κ2) is 9.84. The molecule has 0 aliphatic rings. The summed E-state index contributed by atoms with van der Waals surface area (Å²) in [5, 5.41) is 13.2. The van der Waals surface area contributed by atoms with E-state index in [0.29, 0.717) is 24.6 Å². The number of hydrogen-bond acceptors (Lipinski definition) is 3. The second-order valence-electron chi connectivity index (χ2n) is 7.47. The number of carbonyl (C=O) groups excluding carboxylic acids is 1. The van der Waals surface area contributed by atoms with Gasteiger partial charge in [-0.15, -0.1) is 0 Å². The topological polar surface area (TPSA) is 67.0 Å². The molecule has 1 N–H and O–H groups in total. The largest absolute Gasteiger partial charge is 0.494 e. The van der Waals surface area contributed by atoms with Crippen molar-refractivity contribution in [3.63, 3.8) is 0 Å². The van der Waals surface area contributed by atoms with Gasteiger partial charge in [-0.1, -0.05) is 18.2 Å². The fourth-order valence-electron chi connectivity index (χ4n) is 3.59. The third kappa shape index (κ3) is 5.28. The lowest BCUT2D eigenvalue weighted by atomic mass is 10.1. The SMILES string of the molecule is CCOc1ccc(NC(=O)/C(C#N)=C/c2ccc3c(ccn3Cc3cccc(F)c3)c2)cc1. The van der Waals surface area contributed by atoms with Crippen molar-refractivity contribution in [2.24, 2.45) is 0 Å². The van der Waals surface area contributed by atoms with Gasteiger partial charge in [-0.3, -0.25) is 4.79 Å². The number of nitriles is 1. The Morgan fingerprint density at radius 1 is 1.12 bits per heavy atom. The summed E-state index contributed by atoms with van der Waals surface area (Å²) in [4.78, 5) is 12.6. The lowest BCUT2D eigenvalue weighted by Gasteiger charge is -2.07. The van der Waals surface area contributed by atoms with Crippen LogP contribution >= 0.6 is 0 Å². The van der Waals surface area contributed by atoms with Crippen LogP contribution in [0, 0.1) is 17.1 Å². The van der Waals surface area contributed by atoms with E-state index < -0.39 is 5.91 Å². The molecule has 1 aromatic heterocycles. The maximum Gasteiger partial charge on any atom is 0.266 e. The first-order chi connectivity index (χ1) is 16.1. The lowest BCUT2D eigenvalue weighted by molar-refractivity contribution is -0.112. The molecular weight excluding hydrogens is 417 g/mol. The Bertz CT molecular complexity index is 1360. The van der Waals surface area contributed by atoms with Gasteiger partial charge in [-0.25, -0.2) is 4.39 Å². The standard InChI is InChI=1S/C27H22FN3O2/c1-2-33-25-9-7-24(8-10-25)30-27(32)22(17-29)15-19-6-11-26-21(14-19)12-13-31(26)18-20-4-3-5-23(28)16-20/h3-16H,2,18H2,1H3,(H,30,32)/b22-15+. The van der Waals surface area contributed by atoms with Gasteiger partial charge in [0.05, 0.1) is 6.61 Å². The quantitative estimate of drug-likeness (QED) is 0.293. The van der Waals surface area contributed by atoms with E-state index in [9.17, 15) is 14.4 Å². The normalized spacial score (nSPS) is 11.2. The minimum absolute atomic E-state index is 0.00225. The summed E-state index contributed by atoms with van der Waals surface area (Å²) in [6.07, 6.45) is 3.50. The maximum absolute atomic E-state index is 13.5. The highest BCUT2D eigenvalue weighted by Gasteiger charge is 2.11. The fourth-order valence-corrected chi connectivity index (χ4v) is 3.59. The van der Waals surface area contributed by atoms with E-state index in [0.717, 1.165) is 22.0 Å². The van der Waals surface area contributed by atoms with Crippen molar-refractivity contribution < 1.29 is 13.9 Å². The first-order valence-corrected chi connectivity index (χ1v) is 10.5. The summed E-state index contributed by atoms with van der Waals surface area (Å²) in [6.45, 7) is 3.01. The number of rotatable bonds is 7. The van der Waals surface area contributed by atoms with Gasteiger partial charge in [0.25, 0.3) is 5.91 Å². The van der Waals surface area contributed by atoms with E-state index in [-0.39, 0.29) is 11.4 Å². The molecule has 0 atom stereocenters. The average molecular weight is 439 g/mol. The molecule has 0 saturated heterocycles. The predicted molar refractivity (Wildman–Crippen MR) is 127 cm³/mol. The summed E-state index contributed by atoms with van der Waals surface area (Å²) in [5.74, 6) is -0.0291. The van der Waals surface area contributed by atoms with E-state index in [2.05, 4.69) is 5.32 Å². The highest BCUT2D eigenvalue weighted by atomic mass is 19.1. The van der Waals surface area contributed by atoms with Gasteiger partial charge < -0.3 is 14.6 Å². The number of ether oxygens (including phenoxy) is 1. The number of halogens is 1. The number of anilines is 1. The molecule has 4 aromatic rings. The average Bonchev–Trinajstić information content (AvgIpc) is 3.20. The zero-order valence-corrected chi connectivity index (χ0v) is 18.1. The number of aromatic nitrogens is 1. The van der Waals surface area contributed by atoms with Gasteiger partial charge >= 0.3 is 0 Å². The maximum atomic E-state index is 13.5. The van der Waals surface area contributed by atoms with Crippen molar-refractivity contribution in [1.82, 2.24) is 4.57 Å². The summed E-state index contributed by atoms with van der Waals surface area (Å²) in [5.41, 5.74) is 3.17. The number of nitrogens with zero attached hydrogens (tertiary/aromatic N) is 2. The summed E-state index contributed by atoms with van der Waals surface area (Å²) in [7, 11) is 0. The first kappa shape index (κ1) is 21.8. The molecule has 0 aliphatic carbocycles. The number of hydrogen-bond donors (Lipinski definition) is 1. The monoisotopic (exact) mass is 439 g/mol. The molecule has 1 heterocycles. The molecule has 0 saturated carbocycles. The molecule has 0 bridgehead atoms. The number of amides is 1. The molecule has 6 heteroatoms. The predicted octanol–water partition coefficient (Wildman–Crippen LogP) is 5.77. The van der Waals surface area contributed by atoms with Crippen LogP contribution in [-0.2, 0) is 11.3 Å². The Labute approximate surface area is 191 Å². The van der Waals surface area contributed by atoms with Gasteiger partial charge in [-0.2, -0.15) is 5.26 Å². The third-order valence-corrected chi connectivity index (χ3v) is 5.14. The van der Waals surface area contributed by atoms with E-state index in [1.807, 2.05) is 54.1 Å². The van der Waals surface area contributed by atoms with Crippen molar-refractivity contribution in [3.8, 4) is 11.8 Å². The van der Waals surface area contributed by atoms with Gasteiger partial charge in [0.15, 0.2) is 0 Å².